The zero-order valence-corrected chi connectivity index (χ0v) is 13.4. The molecule has 1 aromatic carbocycles. The van der Waals surface area contributed by atoms with Gasteiger partial charge in [0.25, 0.3) is 0 Å². The number of nitrogens with zero attached hydrogens (tertiary/aromatic N) is 1. The predicted octanol–water partition coefficient (Wildman–Crippen LogP) is 3.19. The second-order valence-electron chi connectivity index (χ2n) is 6.58. The van der Waals surface area contributed by atoms with Crippen LogP contribution in [-0.4, -0.2) is 29.8 Å². The first-order valence-electron chi connectivity index (χ1n) is 7.32. The highest BCUT2D eigenvalue weighted by Crippen LogP contribution is 2.30. The summed E-state index contributed by atoms with van der Waals surface area (Å²) < 4.78 is 0. The third-order valence-corrected chi connectivity index (χ3v) is 3.98. The fraction of sp³-hybridized carbons (Fsp3) is 0.625. The maximum atomic E-state index is 9.87. The molecule has 0 spiro atoms. The summed E-state index contributed by atoms with van der Waals surface area (Å²) >= 11 is 6.38. The van der Waals surface area contributed by atoms with Crippen molar-refractivity contribution in [3.63, 3.8) is 0 Å². The van der Waals surface area contributed by atoms with Gasteiger partial charge in [-0.2, -0.15) is 0 Å². The number of benzene rings is 1. The number of aliphatic hydroxyl groups is 1. The molecule has 0 bridgehead atoms. The zero-order chi connectivity index (χ0) is 14.8. The van der Waals surface area contributed by atoms with Crippen LogP contribution in [0.15, 0.2) is 18.2 Å². The van der Waals surface area contributed by atoms with E-state index in [2.05, 4.69) is 37.1 Å². The van der Waals surface area contributed by atoms with E-state index in [4.69, 9.17) is 11.6 Å². The number of hydrogen-bond acceptors (Lipinski definition) is 3. The molecule has 0 saturated carbocycles. The summed E-state index contributed by atoms with van der Waals surface area (Å²) in [5, 5.41) is 14.2. The van der Waals surface area contributed by atoms with Crippen molar-refractivity contribution in [2.75, 3.05) is 18.0 Å². The molecule has 1 aliphatic rings. The third kappa shape index (κ3) is 4.11. The minimum atomic E-state index is -0.230. The molecule has 0 aromatic heterocycles. The second-order valence-corrected chi connectivity index (χ2v) is 6.99. The second kappa shape index (κ2) is 6.33. The first-order valence-corrected chi connectivity index (χ1v) is 7.70. The van der Waals surface area contributed by atoms with Crippen LogP contribution < -0.4 is 10.2 Å². The Morgan fingerprint density at radius 1 is 1.40 bits per heavy atom. The van der Waals surface area contributed by atoms with E-state index >= 15 is 0 Å². The Hall–Kier alpha value is -0.770. The summed E-state index contributed by atoms with van der Waals surface area (Å²) in [6, 6.07) is 6.02. The number of aliphatic hydroxyl groups excluding tert-OH is 1. The lowest BCUT2D eigenvalue weighted by Gasteiger charge is -2.34. The van der Waals surface area contributed by atoms with Crippen LogP contribution in [0.1, 0.15) is 39.2 Å². The van der Waals surface area contributed by atoms with E-state index in [9.17, 15) is 5.11 Å². The number of hydrogen-bond donors (Lipinski definition) is 2. The fourth-order valence-corrected chi connectivity index (χ4v) is 2.78. The van der Waals surface area contributed by atoms with Gasteiger partial charge in [0.1, 0.15) is 0 Å². The topological polar surface area (TPSA) is 35.5 Å². The average molecular weight is 297 g/mol. The highest BCUT2D eigenvalue weighted by Gasteiger charge is 2.21. The van der Waals surface area contributed by atoms with Gasteiger partial charge in [0.15, 0.2) is 0 Å². The van der Waals surface area contributed by atoms with E-state index < -0.39 is 0 Å². The summed E-state index contributed by atoms with van der Waals surface area (Å²) in [6.07, 6.45) is 1.69. The molecule has 1 heterocycles. The predicted molar refractivity (Wildman–Crippen MR) is 85.5 cm³/mol. The van der Waals surface area contributed by atoms with Crippen molar-refractivity contribution in [2.45, 2.75) is 51.8 Å². The number of rotatable bonds is 3. The van der Waals surface area contributed by atoms with Crippen molar-refractivity contribution in [1.82, 2.24) is 5.32 Å². The minimum absolute atomic E-state index is 0.0534. The molecule has 1 atom stereocenters. The lowest BCUT2D eigenvalue weighted by Crippen LogP contribution is -2.40. The summed E-state index contributed by atoms with van der Waals surface area (Å²) in [6.45, 7) is 8.87. The molecule has 20 heavy (non-hydrogen) atoms. The first kappa shape index (κ1) is 15.6. The molecule has 0 radical (unpaired) electrons. The number of halogens is 1. The van der Waals surface area contributed by atoms with E-state index in [0.29, 0.717) is 6.54 Å². The summed E-state index contributed by atoms with van der Waals surface area (Å²) in [4.78, 5) is 2.25. The lowest BCUT2D eigenvalue weighted by molar-refractivity contribution is 0.154. The van der Waals surface area contributed by atoms with Crippen LogP contribution >= 0.6 is 11.6 Å². The van der Waals surface area contributed by atoms with Gasteiger partial charge in [-0.3, -0.25) is 0 Å². The van der Waals surface area contributed by atoms with Crippen molar-refractivity contribution >= 4 is 17.3 Å². The minimum Gasteiger partial charge on any atom is -0.391 e. The molecule has 1 fully saturated rings. The maximum Gasteiger partial charge on any atom is 0.0715 e. The van der Waals surface area contributed by atoms with Crippen LogP contribution in [0, 0.1) is 0 Å². The average Bonchev–Trinajstić information content (AvgIpc) is 2.36. The normalized spacial score (nSPS) is 20.2. The molecule has 3 nitrogen and oxygen atoms in total. The summed E-state index contributed by atoms with van der Waals surface area (Å²) in [5.74, 6) is 0. The molecule has 112 valence electrons. The summed E-state index contributed by atoms with van der Waals surface area (Å²) in [7, 11) is 0. The molecule has 1 unspecified atom stereocenters. The first-order chi connectivity index (χ1) is 9.37. The van der Waals surface area contributed by atoms with E-state index in [-0.39, 0.29) is 11.6 Å². The quantitative estimate of drug-likeness (QED) is 0.899. The number of piperidine rings is 1. The van der Waals surface area contributed by atoms with Crippen molar-refractivity contribution < 1.29 is 5.11 Å². The van der Waals surface area contributed by atoms with Crippen molar-refractivity contribution in [1.29, 1.82) is 0 Å². The number of anilines is 1. The third-order valence-electron chi connectivity index (χ3n) is 3.63. The van der Waals surface area contributed by atoms with Crippen LogP contribution in [0.5, 0.6) is 0 Å². The Labute approximate surface area is 126 Å². The standard InChI is InChI=1S/C16H25ClN2O/c1-16(2,3)18-10-13-14(17)7-4-8-15(13)19-9-5-6-12(20)11-19/h4,7-8,12,18,20H,5-6,9-11H2,1-3H3. The molecular formula is C16H25ClN2O. The monoisotopic (exact) mass is 296 g/mol. The van der Waals surface area contributed by atoms with E-state index in [1.54, 1.807) is 0 Å². The van der Waals surface area contributed by atoms with Gasteiger partial charge in [0.05, 0.1) is 6.10 Å². The van der Waals surface area contributed by atoms with Crippen LogP contribution in [0.2, 0.25) is 5.02 Å². The van der Waals surface area contributed by atoms with E-state index in [0.717, 1.165) is 42.2 Å². The van der Waals surface area contributed by atoms with Gasteiger partial charge in [-0.05, 0) is 45.7 Å². The molecule has 0 amide bonds. The molecule has 0 aliphatic carbocycles. The van der Waals surface area contributed by atoms with Gasteiger partial charge in [0.2, 0.25) is 0 Å². The lowest BCUT2D eigenvalue weighted by atomic mass is 10.0. The molecule has 1 aromatic rings. The van der Waals surface area contributed by atoms with Crippen molar-refractivity contribution in [3.05, 3.63) is 28.8 Å². The largest absolute Gasteiger partial charge is 0.391 e. The molecule has 1 saturated heterocycles. The van der Waals surface area contributed by atoms with Gasteiger partial charge >= 0.3 is 0 Å². The van der Waals surface area contributed by atoms with Crippen LogP contribution in [0.3, 0.4) is 0 Å². The highest BCUT2D eigenvalue weighted by molar-refractivity contribution is 6.31. The van der Waals surface area contributed by atoms with Gasteiger partial charge in [-0.25, -0.2) is 0 Å². The molecule has 4 heteroatoms. The van der Waals surface area contributed by atoms with Crippen LogP contribution in [-0.2, 0) is 6.54 Å². The Morgan fingerprint density at radius 2 is 2.15 bits per heavy atom. The fourth-order valence-electron chi connectivity index (χ4n) is 2.55. The van der Waals surface area contributed by atoms with Gasteiger partial charge in [-0.1, -0.05) is 17.7 Å². The highest BCUT2D eigenvalue weighted by atomic mass is 35.5. The van der Waals surface area contributed by atoms with Gasteiger partial charge < -0.3 is 15.3 Å². The number of β-amino-alcohol motifs (C(OH)–C–C–N with tert-alkyl or cyclic N) is 1. The van der Waals surface area contributed by atoms with Crippen LogP contribution in [0.4, 0.5) is 5.69 Å². The molecular weight excluding hydrogens is 272 g/mol. The summed E-state index contributed by atoms with van der Waals surface area (Å²) in [5.41, 5.74) is 2.32. The van der Waals surface area contributed by atoms with E-state index in [1.165, 1.54) is 0 Å². The van der Waals surface area contributed by atoms with E-state index in [1.807, 2.05) is 12.1 Å². The Balaban J connectivity index is 2.21. The maximum absolute atomic E-state index is 9.87. The SMILES string of the molecule is CC(C)(C)NCc1c(Cl)cccc1N1CCCC(O)C1. The molecule has 2 rings (SSSR count). The smallest absolute Gasteiger partial charge is 0.0715 e. The van der Waals surface area contributed by atoms with Crippen molar-refractivity contribution in [2.24, 2.45) is 0 Å². The molecule has 2 N–H and O–H groups in total. The zero-order valence-electron chi connectivity index (χ0n) is 12.6. The number of nitrogens with one attached hydrogen (secondary N) is 1. The van der Waals surface area contributed by atoms with Gasteiger partial charge in [-0.15, -0.1) is 0 Å². The Bertz CT molecular complexity index is 456. The van der Waals surface area contributed by atoms with Crippen LogP contribution in [0.25, 0.3) is 0 Å². The Kier molecular flexibility index (Phi) is 4.95. The van der Waals surface area contributed by atoms with Crippen molar-refractivity contribution in [3.8, 4) is 0 Å². The van der Waals surface area contributed by atoms with Gasteiger partial charge in [0, 0.05) is 41.4 Å². The Morgan fingerprint density at radius 3 is 2.80 bits per heavy atom. The molecule has 1 aliphatic heterocycles.